The molecule has 3 amide bonds. The normalized spacial score (nSPS) is 23.2. The number of primary amides is 1. The first-order chi connectivity index (χ1) is 8.70. The van der Waals surface area contributed by atoms with Gasteiger partial charge in [0, 0.05) is 5.75 Å². The minimum atomic E-state index is -0.713. The number of amides is 3. The summed E-state index contributed by atoms with van der Waals surface area (Å²) in [5.41, 5.74) is 5.26. The minimum absolute atomic E-state index is 0.0896. The Hall–Kier alpha value is -1.24. The molecular weight excluding hydrogens is 266 g/mol. The summed E-state index contributed by atoms with van der Waals surface area (Å²) < 4.78 is 0. The lowest BCUT2D eigenvalue weighted by atomic mass is 10.0. The van der Waals surface area contributed by atoms with Crippen molar-refractivity contribution in [3.8, 4) is 0 Å². The van der Waals surface area contributed by atoms with E-state index in [0.29, 0.717) is 12.2 Å². The zero-order chi connectivity index (χ0) is 14.8. The smallest absolute Gasteiger partial charge is 0.244 e. The standard InChI is InChI=1S/C12H21N3O3S/c1-7(2)9(10(13)17)14-11(18)8-5-19-12(3,4)15(8)6-16/h6-9H,5H2,1-4H3,(H2,13,17)(H,14,18)/t8-,9-/m1/s1. The molecule has 3 N–H and O–H groups in total. The lowest BCUT2D eigenvalue weighted by molar-refractivity contribution is -0.135. The summed E-state index contributed by atoms with van der Waals surface area (Å²) in [6, 6.07) is -1.27. The average Bonchev–Trinajstić information content (AvgIpc) is 2.59. The predicted molar refractivity (Wildman–Crippen MR) is 74.2 cm³/mol. The maximum absolute atomic E-state index is 12.2. The first-order valence-electron chi connectivity index (χ1n) is 6.18. The minimum Gasteiger partial charge on any atom is -0.368 e. The molecule has 1 rings (SSSR count). The number of hydrogen-bond donors (Lipinski definition) is 2. The monoisotopic (exact) mass is 287 g/mol. The second-order valence-electron chi connectivity index (χ2n) is 5.42. The van der Waals surface area contributed by atoms with Gasteiger partial charge in [0.1, 0.15) is 12.1 Å². The van der Waals surface area contributed by atoms with Gasteiger partial charge in [0.2, 0.25) is 18.2 Å². The van der Waals surface area contributed by atoms with Gasteiger partial charge in [-0.3, -0.25) is 14.4 Å². The van der Waals surface area contributed by atoms with E-state index in [1.807, 2.05) is 13.8 Å². The summed E-state index contributed by atoms with van der Waals surface area (Å²) in [5, 5.41) is 2.63. The van der Waals surface area contributed by atoms with Crippen LogP contribution in [0.2, 0.25) is 0 Å². The molecule has 1 aliphatic rings. The summed E-state index contributed by atoms with van der Waals surface area (Å²) in [6.45, 7) is 7.38. The van der Waals surface area contributed by atoms with E-state index in [4.69, 9.17) is 5.73 Å². The van der Waals surface area contributed by atoms with Crippen LogP contribution in [-0.2, 0) is 14.4 Å². The molecule has 0 aromatic carbocycles. The Labute approximate surface area is 117 Å². The number of thioether (sulfide) groups is 1. The van der Waals surface area contributed by atoms with Crippen LogP contribution >= 0.6 is 11.8 Å². The second kappa shape index (κ2) is 5.81. The highest BCUT2D eigenvalue weighted by atomic mass is 32.2. The van der Waals surface area contributed by atoms with E-state index >= 15 is 0 Å². The van der Waals surface area contributed by atoms with Gasteiger partial charge in [-0.2, -0.15) is 0 Å². The van der Waals surface area contributed by atoms with E-state index in [1.54, 1.807) is 13.8 Å². The van der Waals surface area contributed by atoms with Gasteiger partial charge in [-0.15, -0.1) is 11.8 Å². The molecule has 1 heterocycles. The van der Waals surface area contributed by atoms with Crippen molar-refractivity contribution in [2.45, 2.75) is 44.6 Å². The lowest BCUT2D eigenvalue weighted by Gasteiger charge is -2.31. The number of carbonyl (C=O) groups excluding carboxylic acids is 3. The number of hydrogen-bond acceptors (Lipinski definition) is 4. The van der Waals surface area contributed by atoms with E-state index in [1.165, 1.54) is 16.7 Å². The van der Waals surface area contributed by atoms with Crippen molar-refractivity contribution in [2.75, 3.05) is 5.75 Å². The lowest BCUT2D eigenvalue weighted by Crippen LogP contribution is -2.55. The van der Waals surface area contributed by atoms with Gasteiger partial charge in [-0.25, -0.2) is 0 Å². The second-order valence-corrected chi connectivity index (χ2v) is 7.04. The van der Waals surface area contributed by atoms with Crippen LogP contribution in [0.5, 0.6) is 0 Å². The van der Waals surface area contributed by atoms with Crippen molar-refractivity contribution >= 4 is 30.0 Å². The third-order valence-corrected chi connectivity index (χ3v) is 4.64. The fraction of sp³-hybridized carbons (Fsp3) is 0.750. The third kappa shape index (κ3) is 3.40. The van der Waals surface area contributed by atoms with Crippen molar-refractivity contribution in [3.63, 3.8) is 0 Å². The first-order valence-corrected chi connectivity index (χ1v) is 7.16. The molecule has 7 heteroatoms. The first kappa shape index (κ1) is 15.8. The number of rotatable bonds is 5. The van der Waals surface area contributed by atoms with Gasteiger partial charge in [0.15, 0.2) is 0 Å². The Morgan fingerprint density at radius 3 is 2.47 bits per heavy atom. The van der Waals surface area contributed by atoms with Crippen LogP contribution < -0.4 is 11.1 Å². The Morgan fingerprint density at radius 2 is 2.05 bits per heavy atom. The Morgan fingerprint density at radius 1 is 1.47 bits per heavy atom. The highest BCUT2D eigenvalue weighted by Crippen LogP contribution is 2.37. The summed E-state index contributed by atoms with van der Waals surface area (Å²) in [7, 11) is 0. The van der Waals surface area contributed by atoms with Crippen molar-refractivity contribution in [1.82, 2.24) is 10.2 Å². The van der Waals surface area contributed by atoms with Crippen LogP contribution in [0, 0.1) is 5.92 Å². The molecule has 0 saturated carbocycles. The van der Waals surface area contributed by atoms with E-state index in [9.17, 15) is 14.4 Å². The van der Waals surface area contributed by atoms with E-state index in [-0.39, 0.29) is 11.8 Å². The van der Waals surface area contributed by atoms with Gasteiger partial charge >= 0.3 is 0 Å². The molecule has 0 bridgehead atoms. The zero-order valence-electron chi connectivity index (χ0n) is 11.7. The quantitative estimate of drug-likeness (QED) is 0.692. The van der Waals surface area contributed by atoms with E-state index in [2.05, 4.69) is 5.32 Å². The molecule has 0 aliphatic carbocycles. The molecule has 1 saturated heterocycles. The van der Waals surface area contributed by atoms with Crippen molar-refractivity contribution in [2.24, 2.45) is 11.7 Å². The van der Waals surface area contributed by atoms with Gasteiger partial charge in [-0.1, -0.05) is 13.8 Å². The van der Waals surface area contributed by atoms with Crippen LogP contribution in [0.15, 0.2) is 0 Å². The van der Waals surface area contributed by atoms with E-state index in [0.717, 1.165) is 0 Å². The van der Waals surface area contributed by atoms with Crippen LogP contribution in [0.3, 0.4) is 0 Å². The van der Waals surface area contributed by atoms with Crippen molar-refractivity contribution < 1.29 is 14.4 Å². The molecule has 6 nitrogen and oxygen atoms in total. The predicted octanol–water partition coefficient (Wildman–Crippen LogP) is -0.0776. The van der Waals surface area contributed by atoms with Gasteiger partial charge in [0.05, 0.1) is 4.87 Å². The number of nitrogens with zero attached hydrogens (tertiary/aromatic N) is 1. The SMILES string of the molecule is CC(C)[C@@H](NC(=O)[C@H]1CSC(C)(C)N1C=O)C(N)=O. The molecule has 1 aliphatic heterocycles. The van der Waals surface area contributed by atoms with Gasteiger partial charge in [-0.05, 0) is 19.8 Å². The van der Waals surface area contributed by atoms with Crippen LogP contribution in [0.25, 0.3) is 0 Å². The molecule has 1 fully saturated rings. The zero-order valence-corrected chi connectivity index (χ0v) is 12.5. The highest BCUT2D eigenvalue weighted by molar-refractivity contribution is 8.00. The molecule has 0 unspecified atom stereocenters. The highest BCUT2D eigenvalue weighted by Gasteiger charge is 2.43. The number of nitrogens with two attached hydrogens (primary N) is 1. The van der Waals surface area contributed by atoms with Crippen molar-refractivity contribution in [1.29, 1.82) is 0 Å². The Kier molecular flexibility index (Phi) is 4.84. The molecule has 0 aromatic heterocycles. The Balaban J connectivity index is 2.78. The molecule has 0 radical (unpaired) electrons. The molecule has 2 atom stereocenters. The number of carbonyl (C=O) groups is 3. The third-order valence-electron chi connectivity index (χ3n) is 3.24. The van der Waals surface area contributed by atoms with Crippen LogP contribution in [-0.4, -0.2) is 45.8 Å². The summed E-state index contributed by atoms with van der Waals surface area (Å²) >= 11 is 1.53. The van der Waals surface area contributed by atoms with Gasteiger partial charge in [0.25, 0.3) is 0 Å². The molecule has 108 valence electrons. The summed E-state index contributed by atoms with van der Waals surface area (Å²) in [5.74, 6) is -0.469. The molecule has 0 aromatic rings. The Bertz CT molecular complexity index is 384. The fourth-order valence-electron chi connectivity index (χ4n) is 2.03. The van der Waals surface area contributed by atoms with Crippen LogP contribution in [0.4, 0.5) is 0 Å². The molecule has 19 heavy (non-hydrogen) atoms. The largest absolute Gasteiger partial charge is 0.368 e. The molecular formula is C12H21N3O3S. The van der Waals surface area contributed by atoms with Crippen molar-refractivity contribution in [3.05, 3.63) is 0 Å². The maximum Gasteiger partial charge on any atom is 0.244 e. The number of nitrogens with one attached hydrogen (secondary N) is 1. The summed E-state index contributed by atoms with van der Waals surface area (Å²) in [4.78, 5) is 35.7. The fourth-order valence-corrected chi connectivity index (χ4v) is 3.23. The molecule has 0 spiro atoms. The van der Waals surface area contributed by atoms with E-state index < -0.39 is 22.9 Å². The topological polar surface area (TPSA) is 92.5 Å². The summed E-state index contributed by atoms with van der Waals surface area (Å²) in [6.07, 6.45) is 0.679. The maximum atomic E-state index is 12.2. The van der Waals surface area contributed by atoms with Gasteiger partial charge < -0.3 is 16.0 Å². The van der Waals surface area contributed by atoms with Crippen LogP contribution in [0.1, 0.15) is 27.7 Å². The average molecular weight is 287 g/mol.